The summed E-state index contributed by atoms with van der Waals surface area (Å²) in [6.45, 7) is 0. The van der Waals surface area contributed by atoms with Crippen LogP contribution in [-0.4, -0.2) is 11.8 Å². The highest BCUT2D eigenvalue weighted by molar-refractivity contribution is 6.17. The second kappa shape index (κ2) is 10.8. The van der Waals surface area contributed by atoms with E-state index in [-0.39, 0.29) is 5.91 Å². The third kappa shape index (κ3) is 11.8. The van der Waals surface area contributed by atoms with E-state index < -0.39 is 0 Å². The summed E-state index contributed by atoms with van der Waals surface area (Å²) in [6.07, 6.45) is 10.1. The molecule has 0 unspecified atom stereocenters. The normalized spacial score (nSPS) is 10.4. The number of carbonyl (C=O) groups excluding carboxylic acids is 1. The number of hydrogen-bond acceptors (Lipinski definition) is 1. The molecule has 0 heterocycles. The van der Waals surface area contributed by atoms with Crippen molar-refractivity contribution in [1.82, 2.24) is 0 Å². The fourth-order valence-electron chi connectivity index (χ4n) is 1.45. The summed E-state index contributed by atoms with van der Waals surface area (Å²) in [7, 11) is 0. The van der Waals surface area contributed by atoms with E-state index >= 15 is 0 Å². The minimum absolute atomic E-state index is 0.174. The van der Waals surface area contributed by atoms with Gasteiger partial charge in [-0.15, -0.1) is 11.6 Å². The summed E-state index contributed by atoms with van der Waals surface area (Å²) in [5.74, 6) is 0.616. The Hall–Kier alpha value is -0.240. The standard InChI is InChI=1S/C11H22ClNO/c12-10-8-6-4-2-1-3-5-7-9-11(13)14/h1-10H2,(H2,13,14). The monoisotopic (exact) mass is 219 g/mol. The first-order chi connectivity index (χ1) is 6.77. The molecule has 2 N–H and O–H groups in total. The van der Waals surface area contributed by atoms with Gasteiger partial charge in [-0.05, 0) is 12.8 Å². The molecule has 0 aliphatic rings. The summed E-state index contributed by atoms with van der Waals surface area (Å²) < 4.78 is 0. The van der Waals surface area contributed by atoms with Crippen molar-refractivity contribution in [2.24, 2.45) is 5.73 Å². The number of primary amides is 1. The zero-order chi connectivity index (χ0) is 10.6. The molecule has 2 nitrogen and oxygen atoms in total. The lowest BCUT2D eigenvalue weighted by Gasteiger charge is -2.00. The second-order valence-electron chi connectivity index (χ2n) is 3.73. The van der Waals surface area contributed by atoms with E-state index in [4.69, 9.17) is 17.3 Å². The van der Waals surface area contributed by atoms with Crippen LogP contribution in [0.5, 0.6) is 0 Å². The fraction of sp³-hybridized carbons (Fsp3) is 0.909. The Labute approximate surface area is 92.2 Å². The molecule has 0 bridgehead atoms. The first-order valence-electron chi connectivity index (χ1n) is 5.61. The summed E-state index contributed by atoms with van der Waals surface area (Å²) in [6, 6.07) is 0. The van der Waals surface area contributed by atoms with Crippen molar-refractivity contribution >= 4 is 17.5 Å². The lowest BCUT2D eigenvalue weighted by atomic mass is 10.1. The van der Waals surface area contributed by atoms with Crippen molar-refractivity contribution in [2.75, 3.05) is 5.88 Å². The summed E-state index contributed by atoms with van der Waals surface area (Å²) in [5, 5.41) is 0. The molecule has 0 saturated carbocycles. The van der Waals surface area contributed by atoms with Crippen molar-refractivity contribution in [1.29, 1.82) is 0 Å². The predicted octanol–water partition coefficient (Wildman–Crippen LogP) is 3.22. The van der Waals surface area contributed by atoms with Gasteiger partial charge < -0.3 is 5.73 Å². The quantitative estimate of drug-likeness (QED) is 0.445. The van der Waals surface area contributed by atoms with E-state index in [9.17, 15) is 4.79 Å². The molecule has 0 aromatic carbocycles. The van der Waals surface area contributed by atoms with Gasteiger partial charge in [-0.3, -0.25) is 4.79 Å². The second-order valence-corrected chi connectivity index (χ2v) is 4.11. The van der Waals surface area contributed by atoms with E-state index in [0.29, 0.717) is 6.42 Å². The Bertz CT molecular complexity index is 139. The van der Waals surface area contributed by atoms with Crippen LogP contribution < -0.4 is 5.73 Å². The third-order valence-corrected chi connectivity index (χ3v) is 2.57. The van der Waals surface area contributed by atoms with E-state index in [0.717, 1.165) is 25.1 Å². The number of rotatable bonds is 10. The summed E-state index contributed by atoms with van der Waals surface area (Å²) in [4.78, 5) is 10.4. The van der Waals surface area contributed by atoms with E-state index in [2.05, 4.69) is 0 Å². The highest BCUT2D eigenvalue weighted by Gasteiger charge is 1.94. The van der Waals surface area contributed by atoms with Gasteiger partial charge in [0.25, 0.3) is 0 Å². The maximum absolute atomic E-state index is 10.4. The highest BCUT2D eigenvalue weighted by Crippen LogP contribution is 2.09. The van der Waals surface area contributed by atoms with E-state index in [1.54, 1.807) is 0 Å². The molecule has 3 heteroatoms. The van der Waals surface area contributed by atoms with Crippen molar-refractivity contribution in [3.05, 3.63) is 0 Å². The fourth-order valence-corrected chi connectivity index (χ4v) is 1.64. The Balaban J connectivity index is 2.88. The molecule has 14 heavy (non-hydrogen) atoms. The molecule has 0 radical (unpaired) electrons. The van der Waals surface area contributed by atoms with Gasteiger partial charge in [-0.1, -0.05) is 38.5 Å². The average Bonchev–Trinajstić information content (AvgIpc) is 2.15. The lowest BCUT2D eigenvalue weighted by molar-refractivity contribution is -0.118. The lowest BCUT2D eigenvalue weighted by Crippen LogP contribution is -2.09. The van der Waals surface area contributed by atoms with Gasteiger partial charge in [0, 0.05) is 12.3 Å². The molecule has 84 valence electrons. The molecule has 0 aliphatic carbocycles. The first-order valence-corrected chi connectivity index (χ1v) is 6.15. The summed E-state index contributed by atoms with van der Waals surface area (Å²) in [5.41, 5.74) is 5.04. The molecule has 0 rings (SSSR count). The maximum atomic E-state index is 10.4. The number of nitrogens with two attached hydrogens (primary N) is 1. The van der Waals surface area contributed by atoms with Crippen LogP contribution in [0.3, 0.4) is 0 Å². The zero-order valence-corrected chi connectivity index (χ0v) is 9.69. The minimum Gasteiger partial charge on any atom is -0.370 e. The van der Waals surface area contributed by atoms with E-state index in [1.165, 1.54) is 32.1 Å². The molecule has 0 aromatic heterocycles. The maximum Gasteiger partial charge on any atom is 0.217 e. The molecular formula is C11H22ClNO. The Morgan fingerprint density at radius 3 is 1.71 bits per heavy atom. The van der Waals surface area contributed by atoms with E-state index in [1.807, 2.05) is 0 Å². The highest BCUT2D eigenvalue weighted by atomic mass is 35.5. The van der Waals surface area contributed by atoms with Gasteiger partial charge in [-0.25, -0.2) is 0 Å². The molecule has 0 aliphatic heterocycles. The molecule has 0 fully saturated rings. The predicted molar refractivity (Wildman–Crippen MR) is 61.5 cm³/mol. The average molecular weight is 220 g/mol. The largest absolute Gasteiger partial charge is 0.370 e. The number of hydrogen-bond donors (Lipinski definition) is 1. The molecule has 0 atom stereocenters. The number of unbranched alkanes of at least 4 members (excludes halogenated alkanes) is 7. The SMILES string of the molecule is NC(=O)CCCCCCCCCCCl. The summed E-state index contributed by atoms with van der Waals surface area (Å²) >= 11 is 5.57. The van der Waals surface area contributed by atoms with Crippen molar-refractivity contribution in [3.63, 3.8) is 0 Å². The number of halogens is 1. The van der Waals surface area contributed by atoms with Crippen LogP contribution in [0.1, 0.15) is 57.8 Å². The van der Waals surface area contributed by atoms with Crippen LogP contribution in [-0.2, 0) is 4.79 Å². The van der Waals surface area contributed by atoms with Crippen molar-refractivity contribution in [2.45, 2.75) is 57.8 Å². The van der Waals surface area contributed by atoms with Crippen LogP contribution in [0, 0.1) is 0 Å². The van der Waals surface area contributed by atoms with Gasteiger partial charge in [0.1, 0.15) is 0 Å². The number of carbonyl (C=O) groups is 1. The van der Waals surface area contributed by atoms with Crippen molar-refractivity contribution in [3.8, 4) is 0 Å². The third-order valence-electron chi connectivity index (χ3n) is 2.31. The molecule has 0 aromatic rings. The zero-order valence-electron chi connectivity index (χ0n) is 8.93. The van der Waals surface area contributed by atoms with Crippen LogP contribution in [0.4, 0.5) is 0 Å². The molecule has 0 spiro atoms. The Morgan fingerprint density at radius 1 is 0.857 bits per heavy atom. The number of alkyl halides is 1. The topological polar surface area (TPSA) is 43.1 Å². The van der Waals surface area contributed by atoms with Gasteiger partial charge in [-0.2, -0.15) is 0 Å². The minimum atomic E-state index is -0.174. The van der Waals surface area contributed by atoms with Gasteiger partial charge in [0.05, 0.1) is 0 Å². The van der Waals surface area contributed by atoms with Crippen LogP contribution in [0.2, 0.25) is 0 Å². The van der Waals surface area contributed by atoms with Crippen LogP contribution in [0.25, 0.3) is 0 Å². The van der Waals surface area contributed by atoms with Crippen LogP contribution >= 0.6 is 11.6 Å². The Kier molecular flexibility index (Phi) is 10.7. The van der Waals surface area contributed by atoms with Gasteiger partial charge in [0.15, 0.2) is 0 Å². The van der Waals surface area contributed by atoms with Crippen molar-refractivity contribution < 1.29 is 4.79 Å². The number of amides is 1. The molecular weight excluding hydrogens is 198 g/mol. The Morgan fingerprint density at radius 2 is 1.29 bits per heavy atom. The molecule has 0 saturated heterocycles. The van der Waals surface area contributed by atoms with Gasteiger partial charge >= 0.3 is 0 Å². The van der Waals surface area contributed by atoms with Crippen LogP contribution in [0.15, 0.2) is 0 Å². The molecule has 1 amide bonds. The smallest absolute Gasteiger partial charge is 0.217 e. The van der Waals surface area contributed by atoms with Gasteiger partial charge in [0.2, 0.25) is 5.91 Å². The first kappa shape index (κ1) is 13.8.